The van der Waals surface area contributed by atoms with Gasteiger partial charge in [0.2, 0.25) is 0 Å². The van der Waals surface area contributed by atoms with Crippen LogP contribution in [-0.4, -0.2) is 14.6 Å². The van der Waals surface area contributed by atoms with Crippen molar-refractivity contribution in [2.75, 3.05) is 0 Å². The van der Waals surface area contributed by atoms with Gasteiger partial charge in [0.15, 0.2) is 0 Å². The zero-order valence-electron chi connectivity index (χ0n) is 7.22. The second-order valence-corrected chi connectivity index (χ2v) is 3.69. The van der Waals surface area contributed by atoms with E-state index < -0.39 is 0 Å². The number of halogens is 1. The summed E-state index contributed by atoms with van der Waals surface area (Å²) in [6, 6.07) is 1.83. The summed E-state index contributed by atoms with van der Waals surface area (Å²) in [5, 5.41) is 18.4. The molecule has 0 spiro atoms. The predicted octanol–water partition coefficient (Wildman–Crippen LogP) is 2.21. The molecule has 0 unspecified atom stereocenters. The normalized spacial score (nSPS) is 10.0. The molecule has 5 heteroatoms. The van der Waals surface area contributed by atoms with Crippen molar-refractivity contribution in [3.8, 4) is 0 Å². The van der Waals surface area contributed by atoms with Crippen LogP contribution in [0.4, 0.5) is 0 Å². The van der Waals surface area contributed by atoms with Gasteiger partial charge in [-0.1, -0.05) is 12.1 Å². The highest BCUT2D eigenvalue weighted by atomic mass is 127. The summed E-state index contributed by atoms with van der Waals surface area (Å²) >= 11 is 1.81. The Hall–Kier alpha value is -0.720. The lowest BCUT2D eigenvalue weighted by Crippen LogP contribution is -2.07. The number of rotatable bonds is 4. The van der Waals surface area contributed by atoms with Gasteiger partial charge in [0.25, 0.3) is 0 Å². The van der Waals surface area contributed by atoms with Gasteiger partial charge in [-0.3, -0.25) is 5.41 Å². The molecule has 0 bridgehead atoms. The Balaban J connectivity index is 2.64. The summed E-state index contributed by atoms with van der Waals surface area (Å²) in [5.74, 6) is 0.656. The molecule has 1 aromatic rings. The van der Waals surface area contributed by atoms with Gasteiger partial charge in [0, 0.05) is 6.07 Å². The maximum Gasteiger partial charge on any atom is 0.143 e. The largest absolute Gasteiger partial charge is 0.361 e. The van der Waals surface area contributed by atoms with Gasteiger partial charge in [-0.05, 0) is 29.0 Å². The van der Waals surface area contributed by atoms with Crippen molar-refractivity contribution in [3.63, 3.8) is 0 Å². The topological polar surface area (TPSA) is 73.7 Å². The number of nitrogens with zero attached hydrogens (tertiary/aromatic N) is 1. The summed E-state index contributed by atoms with van der Waals surface area (Å²) in [5.41, 5.74) is 1.15. The summed E-state index contributed by atoms with van der Waals surface area (Å²) in [4.78, 5) is 0. The molecule has 2 N–H and O–H groups in total. The van der Waals surface area contributed by atoms with E-state index in [2.05, 4.69) is 5.16 Å². The van der Waals surface area contributed by atoms with Crippen LogP contribution >= 0.6 is 22.6 Å². The number of hydrogen-bond acceptors (Lipinski definition) is 4. The minimum absolute atomic E-state index is 0.243. The minimum Gasteiger partial charge on any atom is -0.361 e. The second kappa shape index (κ2) is 4.50. The van der Waals surface area contributed by atoms with Crippen LogP contribution < -0.4 is 0 Å². The Bertz CT molecular complexity index is 332. The zero-order chi connectivity index (χ0) is 9.84. The van der Waals surface area contributed by atoms with Crippen molar-refractivity contribution in [1.29, 1.82) is 10.8 Å². The first-order valence-corrected chi connectivity index (χ1v) is 4.97. The molecule has 0 aliphatic heterocycles. The fourth-order valence-corrected chi connectivity index (χ4v) is 1.05. The Kier molecular flexibility index (Phi) is 3.58. The van der Waals surface area contributed by atoms with Crippen LogP contribution in [0.25, 0.3) is 0 Å². The van der Waals surface area contributed by atoms with Crippen molar-refractivity contribution in [2.24, 2.45) is 0 Å². The molecule has 4 nitrogen and oxygen atoms in total. The van der Waals surface area contributed by atoms with E-state index >= 15 is 0 Å². The average Bonchev–Trinajstić information content (AvgIpc) is 2.52. The molecule has 0 saturated heterocycles. The lowest BCUT2D eigenvalue weighted by atomic mass is 10.2. The summed E-state index contributed by atoms with van der Waals surface area (Å²) in [7, 11) is 0. The van der Waals surface area contributed by atoms with Crippen molar-refractivity contribution in [3.05, 3.63) is 17.5 Å². The Labute approximate surface area is 89.9 Å². The first-order chi connectivity index (χ1) is 6.13. The van der Waals surface area contributed by atoms with Crippen LogP contribution in [0.2, 0.25) is 0 Å². The Morgan fingerprint density at radius 1 is 1.62 bits per heavy atom. The molecule has 1 heterocycles. The van der Waals surface area contributed by atoms with Crippen LogP contribution in [0, 0.1) is 10.8 Å². The highest BCUT2D eigenvalue weighted by Crippen LogP contribution is 2.06. The van der Waals surface area contributed by atoms with Crippen molar-refractivity contribution in [2.45, 2.75) is 19.8 Å². The van der Waals surface area contributed by atoms with E-state index in [-0.39, 0.29) is 9.43 Å². The van der Waals surface area contributed by atoms with Crippen molar-refractivity contribution < 1.29 is 4.52 Å². The van der Waals surface area contributed by atoms with Gasteiger partial charge in [0.05, 0.1) is 17.8 Å². The molecule has 0 aliphatic carbocycles. The monoisotopic (exact) mass is 291 g/mol. The molecule has 13 heavy (non-hydrogen) atoms. The number of aromatic nitrogens is 1. The van der Waals surface area contributed by atoms with Gasteiger partial charge in [-0.25, -0.2) is 0 Å². The van der Waals surface area contributed by atoms with Gasteiger partial charge in [0.1, 0.15) is 9.48 Å². The quantitative estimate of drug-likeness (QED) is 0.659. The fraction of sp³-hybridized carbons (Fsp3) is 0.375. The summed E-state index contributed by atoms with van der Waals surface area (Å²) in [6.45, 7) is 1.99. The maximum atomic E-state index is 7.43. The van der Waals surface area contributed by atoms with E-state index in [0.29, 0.717) is 12.2 Å². The van der Waals surface area contributed by atoms with E-state index in [1.54, 1.807) is 0 Å². The lowest BCUT2D eigenvalue weighted by Gasteiger charge is -1.94. The van der Waals surface area contributed by atoms with Crippen molar-refractivity contribution >= 4 is 32.0 Å². The van der Waals surface area contributed by atoms with E-state index in [0.717, 1.165) is 12.1 Å². The molecule has 0 radical (unpaired) electrons. The average molecular weight is 291 g/mol. The van der Waals surface area contributed by atoms with Gasteiger partial charge in [-0.2, -0.15) is 0 Å². The third kappa shape index (κ3) is 2.91. The Morgan fingerprint density at radius 3 is 2.77 bits per heavy atom. The zero-order valence-corrected chi connectivity index (χ0v) is 9.38. The van der Waals surface area contributed by atoms with E-state index in [9.17, 15) is 0 Å². The van der Waals surface area contributed by atoms with Crippen LogP contribution in [0.15, 0.2) is 10.6 Å². The van der Waals surface area contributed by atoms with Crippen molar-refractivity contribution in [1.82, 2.24) is 5.16 Å². The molecule has 0 aliphatic rings. The second-order valence-electron chi connectivity index (χ2n) is 2.61. The highest BCUT2D eigenvalue weighted by Gasteiger charge is 2.07. The van der Waals surface area contributed by atoms with Crippen LogP contribution in [0.5, 0.6) is 0 Å². The summed E-state index contributed by atoms with van der Waals surface area (Å²) in [6.07, 6.45) is 1.19. The minimum atomic E-state index is 0.243. The molecule has 1 rings (SSSR count). The SMILES string of the molecule is CCc1cc(CC(=N)C(=N)I)on1. The van der Waals surface area contributed by atoms with Crippen LogP contribution in [0.1, 0.15) is 18.4 Å². The third-order valence-electron chi connectivity index (χ3n) is 1.59. The molecular weight excluding hydrogens is 281 g/mol. The first-order valence-electron chi connectivity index (χ1n) is 3.89. The lowest BCUT2D eigenvalue weighted by molar-refractivity contribution is 0.387. The van der Waals surface area contributed by atoms with Crippen LogP contribution in [0.3, 0.4) is 0 Å². The number of nitrogens with one attached hydrogen (secondary N) is 2. The highest BCUT2D eigenvalue weighted by molar-refractivity contribution is 14.1. The molecule has 0 aromatic carbocycles. The van der Waals surface area contributed by atoms with E-state index in [1.807, 2.05) is 35.6 Å². The predicted molar refractivity (Wildman–Crippen MR) is 59.1 cm³/mol. The third-order valence-corrected chi connectivity index (χ3v) is 2.24. The molecule has 1 aromatic heterocycles. The molecule has 0 atom stereocenters. The van der Waals surface area contributed by atoms with Crippen LogP contribution in [-0.2, 0) is 12.8 Å². The van der Waals surface area contributed by atoms with E-state index in [1.165, 1.54) is 0 Å². The fourth-order valence-electron chi connectivity index (χ4n) is 0.858. The smallest absolute Gasteiger partial charge is 0.143 e. The number of aryl methyl sites for hydroxylation is 1. The molecule has 0 amide bonds. The van der Waals surface area contributed by atoms with Gasteiger partial charge < -0.3 is 9.93 Å². The molecule has 0 saturated carbocycles. The summed E-state index contributed by atoms with van der Waals surface area (Å²) < 4.78 is 5.23. The van der Waals surface area contributed by atoms with Gasteiger partial charge >= 0.3 is 0 Å². The molecular formula is C8H10IN3O. The van der Waals surface area contributed by atoms with E-state index in [4.69, 9.17) is 15.3 Å². The van der Waals surface area contributed by atoms with Gasteiger partial charge in [-0.15, -0.1) is 0 Å². The first kappa shape index (κ1) is 10.4. The maximum absolute atomic E-state index is 7.43. The number of hydrogen-bond donors (Lipinski definition) is 2. The standard InChI is InChI=1S/C8H10IN3O/c1-2-5-3-6(13-12-5)4-7(10)8(9)11/h3,10-11H,2,4H2,1H3. The molecule has 70 valence electrons. The molecule has 0 fully saturated rings. The Morgan fingerprint density at radius 2 is 2.31 bits per heavy atom.